The molecule has 2 aromatic carbocycles. The van der Waals surface area contributed by atoms with Crippen LogP contribution in [0.15, 0.2) is 51.4 Å². The maximum absolute atomic E-state index is 14.4. The predicted molar refractivity (Wildman–Crippen MR) is 175 cm³/mol. The Balaban J connectivity index is 2.09. The van der Waals surface area contributed by atoms with Crippen molar-refractivity contribution in [3.8, 4) is 17.2 Å². The van der Waals surface area contributed by atoms with E-state index in [1.54, 1.807) is 43.9 Å². The Hall–Kier alpha value is -3.85. The third kappa shape index (κ3) is 6.34. The first-order valence-corrected chi connectivity index (χ1v) is 15.8. The Morgan fingerprint density at radius 1 is 1.02 bits per heavy atom. The average Bonchev–Trinajstić information content (AvgIpc) is 3.25. The molecule has 236 valence electrons. The number of nitrogens with zero attached hydrogens (tertiary/aromatic N) is 2. The molecule has 1 aliphatic rings. The van der Waals surface area contributed by atoms with Crippen molar-refractivity contribution in [3.63, 3.8) is 0 Å². The number of aromatic hydroxyl groups is 1. The molecule has 44 heavy (non-hydrogen) atoms. The first kappa shape index (κ1) is 33.1. The van der Waals surface area contributed by atoms with Crippen molar-refractivity contribution in [2.24, 2.45) is 4.99 Å². The molecular weight excluding hydrogens is 576 g/mol. The van der Waals surface area contributed by atoms with Crippen molar-refractivity contribution in [2.75, 3.05) is 20.8 Å². The van der Waals surface area contributed by atoms with E-state index in [1.807, 2.05) is 25.1 Å². The Kier molecular flexibility index (Phi) is 9.49. The number of hydrogen-bond donors (Lipinski definition) is 1. The van der Waals surface area contributed by atoms with Crippen LogP contribution in [0.3, 0.4) is 0 Å². The standard InChI is InChI=1S/C35H44N2O6S/c1-11-13-25-28(32(40)43-12-2)29(22-19-21(41-9)14-15-26(22)42-10)37-31(39)27(44-33(37)36-25)18-20-16-23(34(3,4)5)30(38)24(17-20)35(6,7)8/h14-19,29,38H,11-13H2,1-10H3/b27-18+/t29-/m1/s1. The molecule has 0 bridgehead atoms. The number of fused-ring (bicyclic) bond motifs is 1. The van der Waals surface area contributed by atoms with Crippen LogP contribution in [0.1, 0.15) is 96.5 Å². The fourth-order valence-corrected chi connectivity index (χ4v) is 6.52. The number of esters is 1. The fraction of sp³-hybridized carbons (Fsp3) is 0.457. The molecular formula is C35H44N2O6S. The summed E-state index contributed by atoms with van der Waals surface area (Å²) in [6, 6.07) is 8.38. The van der Waals surface area contributed by atoms with Crippen molar-refractivity contribution in [1.29, 1.82) is 0 Å². The molecule has 0 radical (unpaired) electrons. The van der Waals surface area contributed by atoms with Gasteiger partial charge in [0, 0.05) is 16.7 Å². The number of hydrogen-bond acceptors (Lipinski definition) is 8. The number of carbonyl (C=O) groups excluding carboxylic acids is 1. The molecule has 4 rings (SSSR count). The summed E-state index contributed by atoms with van der Waals surface area (Å²) in [6.45, 7) is 16.3. The van der Waals surface area contributed by atoms with E-state index in [-0.39, 0.29) is 28.7 Å². The van der Waals surface area contributed by atoms with Crippen LogP contribution in [0.25, 0.3) is 6.08 Å². The molecule has 0 unspecified atom stereocenters. The Labute approximate surface area is 263 Å². The van der Waals surface area contributed by atoms with Crippen molar-refractivity contribution in [3.05, 3.63) is 83.5 Å². The number of carbonyl (C=O) groups is 1. The topological polar surface area (TPSA) is 99.4 Å². The van der Waals surface area contributed by atoms with Gasteiger partial charge >= 0.3 is 5.97 Å². The van der Waals surface area contributed by atoms with Crippen molar-refractivity contribution < 1.29 is 24.1 Å². The van der Waals surface area contributed by atoms with Gasteiger partial charge in [0.25, 0.3) is 5.56 Å². The zero-order chi connectivity index (χ0) is 32.6. The minimum Gasteiger partial charge on any atom is -0.507 e. The maximum Gasteiger partial charge on any atom is 0.338 e. The maximum atomic E-state index is 14.4. The van der Waals surface area contributed by atoms with Gasteiger partial charge in [-0.3, -0.25) is 9.36 Å². The first-order valence-electron chi connectivity index (χ1n) is 15.0. The third-order valence-electron chi connectivity index (χ3n) is 7.67. The summed E-state index contributed by atoms with van der Waals surface area (Å²) < 4.78 is 18.8. The lowest BCUT2D eigenvalue weighted by Gasteiger charge is -2.27. The molecule has 9 heteroatoms. The lowest BCUT2D eigenvalue weighted by atomic mass is 9.78. The largest absolute Gasteiger partial charge is 0.507 e. The number of methoxy groups -OCH3 is 2. The number of rotatable bonds is 8. The SMILES string of the molecule is CCCC1=C(C(=O)OCC)[C@@H](c2cc(OC)ccc2OC)n2c(s/c(=C/c3cc(C(C)(C)C)c(O)c(C(C)(C)C)c3)c2=O)=N1. The number of ether oxygens (including phenoxy) is 3. The number of allylic oxidation sites excluding steroid dienone is 1. The van der Waals surface area contributed by atoms with Crippen LogP contribution < -0.4 is 24.4 Å². The molecule has 1 aliphatic heterocycles. The van der Waals surface area contributed by atoms with Crippen LogP contribution in [-0.2, 0) is 20.4 Å². The summed E-state index contributed by atoms with van der Waals surface area (Å²) in [5.74, 6) is 0.825. The van der Waals surface area contributed by atoms with Gasteiger partial charge in [-0.2, -0.15) is 0 Å². The normalized spacial score (nSPS) is 15.6. The smallest absolute Gasteiger partial charge is 0.338 e. The Bertz CT molecular complexity index is 1750. The number of phenolic OH excluding ortho intramolecular Hbond substituents is 1. The van der Waals surface area contributed by atoms with Crippen LogP contribution in [0.4, 0.5) is 0 Å². The highest BCUT2D eigenvalue weighted by Crippen LogP contribution is 2.41. The van der Waals surface area contributed by atoms with E-state index in [1.165, 1.54) is 11.3 Å². The third-order valence-corrected chi connectivity index (χ3v) is 8.65. The number of aromatic nitrogens is 1. The second kappa shape index (κ2) is 12.6. The van der Waals surface area contributed by atoms with E-state index >= 15 is 0 Å². The van der Waals surface area contributed by atoms with Gasteiger partial charge in [-0.25, -0.2) is 9.79 Å². The second-order valence-corrected chi connectivity index (χ2v) is 14.0. The highest BCUT2D eigenvalue weighted by atomic mass is 32.1. The molecule has 1 aromatic heterocycles. The van der Waals surface area contributed by atoms with E-state index < -0.39 is 12.0 Å². The fourth-order valence-electron chi connectivity index (χ4n) is 5.50. The quantitative estimate of drug-likeness (QED) is 0.315. The number of phenols is 1. The molecule has 3 aromatic rings. The highest BCUT2D eigenvalue weighted by molar-refractivity contribution is 7.07. The van der Waals surface area contributed by atoms with Crippen molar-refractivity contribution >= 4 is 23.4 Å². The van der Waals surface area contributed by atoms with Gasteiger partial charge in [0.05, 0.1) is 36.6 Å². The minimum absolute atomic E-state index is 0.182. The van der Waals surface area contributed by atoms with Crippen LogP contribution in [0.5, 0.6) is 17.2 Å². The molecule has 1 N–H and O–H groups in total. The highest BCUT2D eigenvalue weighted by Gasteiger charge is 2.36. The van der Waals surface area contributed by atoms with Gasteiger partial charge in [0.1, 0.15) is 23.3 Å². The Morgan fingerprint density at radius 2 is 1.66 bits per heavy atom. The lowest BCUT2D eigenvalue weighted by Crippen LogP contribution is -2.40. The zero-order valence-electron chi connectivity index (χ0n) is 27.5. The van der Waals surface area contributed by atoms with Crippen LogP contribution >= 0.6 is 11.3 Å². The predicted octanol–water partition coefficient (Wildman–Crippen LogP) is 5.90. The monoisotopic (exact) mass is 620 g/mol. The van der Waals surface area contributed by atoms with Crippen LogP contribution in [-0.4, -0.2) is 36.5 Å². The van der Waals surface area contributed by atoms with Crippen LogP contribution in [0.2, 0.25) is 0 Å². The van der Waals surface area contributed by atoms with Gasteiger partial charge in [-0.15, -0.1) is 0 Å². The van der Waals surface area contributed by atoms with E-state index in [0.717, 1.165) is 23.1 Å². The van der Waals surface area contributed by atoms with E-state index in [0.29, 0.717) is 44.1 Å². The van der Waals surface area contributed by atoms with Crippen molar-refractivity contribution in [2.45, 2.75) is 85.1 Å². The summed E-state index contributed by atoms with van der Waals surface area (Å²) in [4.78, 5) is 33.3. The molecule has 1 atom stereocenters. The zero-order valence-corrected chi connectivity index (χ0v) is 28.3. The first-order chi connectivity index (χ1) is 20.7. The molecule has 0 fully saturated rings. The van der Waals surface area contributed by atoms with Crippen LogP contribution in [0, 0.1) is 0 Å². The van der Waals surface area contributed by atoms with Gasteiger partial charge < -0.3 is 19.3 Å². The summed E-state index contributed by atoms with van der Waals surface area (Å²) in [7, 11) is 3.12. The molecule has 0 spiro atoms. The van der Waals surface area contributed by atoms with E-state index in [4.69, 9.17) is 19.2 Å². The van der Waals surface area contributed by atoms with Gasteiger partial charge in [0.15, 0.2) is 4.80 Å². The average molecular weight is 621 g/mol. The molecule has 8 nitrogen and oxygen atoms in total. The number of benzene rings is 2. The minimum atomic E-state index is -0.839. The second-order valence-electron chi connectivity index (χ2n) is 13.0. The van der Waals surface area contributed by atoms with Gasteiger partial charge in [-0.05, 0) is 66.1 Å². The molecule has 0 aliphatic carbocycles. The summed E-state index contributed by atoms with van der Waals surface area (Å²) in [5, 5.41) is 11.2. The van der Waals surface area contributed by atoms with E-state index in [9.17, 15) is 14.7 Å². The van der Waals surface area contributed by atoms with Crippen molar-refractivity contribution in [1.82, 2.24) is 4.57 Å². The molecule has 0 saturated heterocycles. The summed E-state index contributed by atoms with van der Waals surface area (Å²) >= 11 is 1.27. The summed E-state index contributed by atoms with van der Waals surface area (Å²) in [5.41, 5.74) is 2.97. The van der Waals surface area contributed by atoms with Gasteiger partial charge in [0.2, 0.25) is 0 Å². The molecule has 0 amide bonds. The number of thiazole rings is 1. The summed E-state index contributed by atoms with van der Waals surface area (Å²) in [6.07, 6.45) is 3.13. The lowest BCUT2D eigenvalue weighted by molar-refractivity contribution is -0.139. The van der Waals surface area contributed by atoms with Gasteiger partial charge in [-0.1, -0.05) is 66.2 Å². The Morgan fingerprint density at radius 3 is 2.18 bits per heavy atom. The molecule has 0 saturated carbocycles. The van der Waals surface area contributed by atoms with E-state index in [2.05, 4.69) is 41.5 Å². The molecule has 2 heterocycles.